The minimum absolute atomic E-state index is 0.00650. The molecule has 0 bridgehead atoms. The van der Waals surface area contributed by atoms with Gasteiger partial charge in [0.1, 0.15) is 5.82 Å². The van der Waals surface area contributed by atoms with Crippen molar-refractivity contribution in [3.8, 4) is 17.2 Å². The van der Waals surface area contributed by atoms with Crippen LogP contribution in [0.5, 0.6) is 17.2 Å². The lowest BCUT2D eigenvalue weighted by Crippen LogP contribution is -2.51. The summed E-state index contributed by atoms with van der Waals surface area (Å²) in [6.45, 7) is 6.88. The molecule has 2 aromatic rings. The van der Waals surface area contributed by atoms with Crippen LogP contribution in [-0.2, 0) is 14.4 Å². The Balaban J connectivity index is 1.52. The second kappa shape index (κ2) is 14.1. The van der Waals surface area contributed by atoms with Gasteiger partial charge in [-0.25, -0.2) is 4.39 Å². The molecule has 3 aliphatic heterocycles. The number of aliphatic carboxylic acids is 1. The Morgan fingerprint density at radius 3 is 2.53 bits per heavy atom. The zero-order chi connectivity index (χ0) is 32.2. The molecule has 3 atom stereocenters. The Kier molecular flexibility index (Phi) is 10.2. The van der Waals surface area contributed by atoms with E-state index in [4.69, 9.17) is 14.2 Å². The monoisotopic (exact) mass is 625 g/mol. The summed E-state index contributed by atoms with van der Waals surface area (Å²) in [5.41, 5.74) is 1.78. The van der Waals surface area contributed by atoms with Crippen LogP contribution in [-0.4, -0.2) is 84.9 Å². The van der Waals surface area contributed by atoms with Gasteiger partial charge in [-0.1, -0.05) is 26.7 Å². The summed E-state index contributed by atoms with van der Waals surface area (Å²) in [5.74, 6) is -1.53. The van der Waals surface area contributed by atoms with Gasteiger partial charge in [-0.2, -0.15) is 0 Å². The molecule has 5 rings (SSSR count). The minimum atomic E-state index is -0.996. The summed E-state index contributed by atoms with van der Waals surface area (Å²) in [4.78, 5) is 45.6. The van der Waals surface area contributed by atoms with Crippen molar-refractivity contribution in [3.63, 3.8) is 0 Å². The van der Waals surface area contributed by atoms with Gasteiger partial charge >= 0.3 is 5.97 Å². The summed E-state index contributed by atoms with van der Waals surface area (Å²) in [5, 5.41) is 10.7. The van der Waals surface area contributed by atoms with Crippen molar-refractivity contribution in [1.29, 1.82) is 0 Å². The third-order valence-corrected chi connectivity index (χ3v) is 9.36. The molecule has 45 heavy (non-hydrogen) atoms. The first-order valence-corrected chi connectivity index (χ1v) is 16.0. The summed E-state index contributed by atoms with van der Waals surface area (Å²) in [6.07, 6.45) is 4.44. The molecular formula is C34H44FN3O7. The minimum Gasteiger partial charge on any atom is -0.493 e. The summed E-state index contributed by atoms with van der Waals surface area (Å²) in [6, 6.07) is 7.61. The number of methoxy groups -OCH3 is 1. The van der Waals surface area contributed by atoms with Crippen molar-refractivity contribution >= 4 is 23.5 Å². The molecule has 244 valence electrons. The number of rotatable bonds is 13. The highest BCUT2D eigenvalue weighted by molar-refractivity contribution is 5.95. The number of amides is 2. The van der Waals surface area contributed by atoms with Crippen molar-refractivity contribution in [3.05, 3.63) is 47.3 Å². The number of carboxylic acid groups (broad SMARTS) is 1. The molecule has 3 heterocycles. The second-order valence-corrected chi connectivity index (χ2v) is 12.3. The van der Waals surface area contributed by atoms with E-state index in [9.17, 15) is 23.9 Å². The van der Waals surface area contributed by atoms with Gasteiger partial charge in [-0.05, 0) is 67.6 Å². The van der Waals surface area contributed by atoms with Gasteiger partial charge < -0.3 is 29.1 Å². The smallest absolute Gasteiger partial charge is 0.308 e. The Labute approximate surface area is 264 Å². The summed E-state index contributed by atoms with van der Waals surface area (Å²) in [7, 11) is 1.52. The second-order valence-electron chi connectivity index (χ2n) is 12.3. The van der Waals surface area contributed by atoms with Gasteiger partial charge in [-0.3, -0.25) is 19.3 Å². The molecule has 3 aliphatic rings. The van der Waals surface area contributed by atoms with E-state index in [0.29, 0.717) is 47.0 Å². The first-order chi connectivity index (χ1) is 21.7. The highest BCUT2D eigenvalue weighted by atomic mass is 19.1. The van der Waals surface area contributed by atoms with E-state index in [-0.39, 0.29) is 50.1 Å². The average molecular weight is 626 g/mol. The van der Waals surface area contributed by atoms with Crippen LogP contribution in [0.1, 0.15) is 69.4 Å². The molecule has 1 N–H and O–H groups in total. The van der Waals surface area contributed by atoms with Gasteiger partial charge in [0.25, 0.3) is 0 Å². The molecule has 10 nitrogen and oxygen atoms in total. The van der Waals surface area contributed by atoms with Crippen molar-refractivity contribution in [2.75, 3.05) is 45.0 Å². The van der Waals surface area contributed by atoms with Crippen LogP contribution in [0.3, 0.4) is 0 Å². The standard InChI is InChI=1S/C34H44FN3O7/c1-5-8-23(9-6-2)38(24-11-12-26(35)21(3)14-24)31(40)19-37-17-25(22-15-28(43-4)33-29(16-22)44-20-45-33)32(34(41)42)27(37)18-36-13-7-10-30(36)39/h11-12,14-16,23,25,27,32H,5-10,13,17-20H2,1-4H3,(H,41,42)/t25-,27+,32-/m1/s1. The number of nitrogens with zero attached hydrogens (tertiary/aromatic N) is 3. The van der Waals surface area contributed by atoms with E-state index < -0.39 is 23.8 Å². The number of ether oxygens (including phenoxy) is 3. The molecule has 0 spiro atoms. The fraction of sp³-hybridized carbons (Fsp3) is 0.559. The molecule has 2 fully saturated rings. The van der Waals surface area contributed by atoms with Crippen LogP contribution in [0, 0.1) is 18.7 Å². The Hall–Kier alpha value is -3.86. The van der Waals surface area contributed by atoms with Gasteiger partial charge in [-0.15, -0.1) is 0 Å². The third-order valence-electron chi connectivity index (χ3n) is 9.36. The maximum atomic E-state index is 14.4. The predicted octanol–water partition coefficient (Wildman–Crippen LogP) is 4.96. The molecule has 0 radical (unpaired) electrons. The molecule has 11 heteroatoms. The predicted molar refractivity (Wildman–Crippen MR) is 166 cm³/mol. The van der Waals surface area contributed by atoms with Gasteiger partial charge in [0.2, 0.25) is 24.4 Å². The molecule has 2 aromatic carbocycles. The Morgan fingerprint density at radius 1 is 1.16 bits per heavy atom. The van der Waals surface area contributed by atoms with E-state index in [2.05, 4.69) is 13.8 Å². The Bertz CT molecular complexity index is 1410. The lowest BCUT2D eigenvalue weighted by Gasteiger charge is -2.35. The Morgan fingerprint density at radius 2 is 1.91 bits per heavy atom. The lowest BCUT2D eigenvalue weighted by atomic mass is 9.84. The normalized spacial score (nSPS) is 21.2. The van der Waals surface area contributed by atoms with Gasteiger partial charge in [0.05, 0.1) is 19.6 Å². The number of carbonyl (C=O) groups is 3. The van der Waals surface area contributed by atoms with Crippen molar-refractivity contribution < 1.29 is 38.1 Å². The number of fused-ring (bicyclic) bond motifs is 1. The first kappa shape index (κ1) is 32.5. The number of hydrogen-bond donors (Lipinski definition) is 1. The quantitative estimate of drug-likeness (QED) is 0.333. The number of likely N-dealkylation sites (tertiary alicyclic amines) is 2. The van der Waals surface area contributed by atoms with E-state index in [0.717, 1.165) is 32.1 Å². The molecule has 0 unspecified atom stereocenters. The van der Waals surface area contributed by atoms with Crippen LogP contribution in [0.25, 0.3) is 0 Å². The molecule has 2 saturated heterocycles. The fourth-order valence-corrected chi connectivity index (χ4v) is 7.20. The van der Waals surface area contributed by atoms with E-state index in [1.165, 1.54) is 13.2 Å². The van der Waals surface area contributed by atoms with Gasteiger partial charge in [0, 0.05) is 49.7 Å². The topological polar surface area (TPSA) is 109 Å². The van der Waals surface area contributed by atoms with Crippen molar-refractivity contribution in [2.24, 2.45) is 5.92 Å². The average Bonchev–Trinajstić information content (AvgIpc) is 3.74. The van der Waals surface area contributed by atoms with Gasteiger partial charge in [0.15, 0.2) is 11.5 Å². The summed E-state index contributed by atoms with van der Waals surface area (Å²) < 4.78 is 31.1. The maximum Gasteiger partial charge on any atom is 0.308 e. The third kappa shape index (κ3) is 6.73. The number of anilines is 1. The molecule has 2 amide bonds. The molecule has 0 aliphatic carbocycles. The van der Waals surface area contributed by atoms with Crippen LogP contribution in [0.15, 0.2) is 30.3 Å². The van der Waals surface area contributed by atoms with Crippen molar-refractivity contribution in [1.82, 2.24) is 9.80 Å². The number of carbonyl (C=O) groups excluding carboxylic acids is 2. The zero-order valence-corrected chi connectivity index (χ0v) is 26.6. The number of aryl methyl sites for hydroxylation is 1. The highest BCUT2D eigenvalue weighted by Gasteiger charge is 2.49. The zero-order valence-electron chi connectivity index (χ0n) is 26.6. The maximum absolute atomic E-state index is 14.4. The van der Waals surface area contributed by atoms with Crippen LogP contribution in [0.2, 0.25) is 0 Å². The lowest BCUT2D eigenvalue weighted by molar-refractivity contribution is -0.144. The highest BCUT2D eigenvalue weighted by Crippen LogP contribution is 2.47. The molecular weight excluding hydrogens is 581 g/mol. The molecule has 0 aromatic heterocycles. The number of benzene rings is 2. The molecule has 0 saturated carbocycles. The van der Waals surface area contributed by atoms with E-state index in [1.54, 1.807) is 41.0 Å². The fourth-order valence-electron chi connectivity index (χ4n) is 7.20. The number of hydrogen-bond acceptors (Lipinski definition) is 7. The van der Waals surface area contributed by atoms with Crippen LogP contribution in [0.4, 0.5) is 10.1 Å². The largest absolute Gasteiger partial charge is 0.493 e. The number of carboxylic acids is 1. The summed E-state index contributed by atoms with van der Waals surface area (Å²) >= 11 is 0. The van der Waals surface area contributed by atoms with E-state index in [1.807, 2.05) is 4.90 Å². The number of halogens is 1. The van der Waals surface area contributed by atoms with Crippen molar-refractivity contribution in [2.45, 2.75) is 77.3 Å². The SMILES string of the molecule is CCCC(CCC)N(C(=O)CN1C[C@H](c2cc(OC)c3c(c2)OCO3)[C@@H](C(=O)O)[C@@H]1CN1CCCC1=O)c1ccc(F)c(C)c1. The van der Waals surface area contributed by atoms with E-state index >= 15 is 0 Å². The van der Waals surface area contributed by atoms with Crippen LogP contribution < -0.4 is 19.1 Å². The first-order valence-electron chi connectivity index (χ1n) is 16.0. The van der Waals surface area contributed by atoms with Crippen LogP contribution >= 0.6 is 0 Å².